The van der Waals surface area contributed by atoms with Crippen molar-refractivity contribution in [3.8, 4) is 11.5 Å². The fourth-order valence-electron chi connectivity index (χ4n) is 1.36. The van der Waals surface area contributed by atoms with E-state index in [0.717, 1.165) is 17.2 Å². The lowest BCUT2D eigenvalue weighted by atomic mass is 10.1. The molecule has 1 aromatic rings. The molecule has 3 nitrogen and oxygen atoms in total. The molecule has 0 aliphatic heterocycles. The first kappa shape index (κ1) is 12.7. The van der Waals surface area contributed by atoms with Crippen LogP contribution in [0.5, 0.6) is 11.5 Å². The zero-order chi connectivity index (χ0) is 12.1. The number of methoxy groups -OCH3 is 2. The summed E-state index contributed by atoms with van der Waals surface area (Å²) in [5.41, 5.74) is 1.05. The molecule has 0 fully saturated rings. The van der Waals surface area contributed by atoms with E-state index in [1.54, 1.807) is 14.2 Å². The van der Waals surface area contributed by atoms with E-state index in [1.165, 1.54) is 0 Å². The number of hydrogen-bond donors (Lipinski definition) is 1. The minimum atomic E-state index is 0.429. The Balaban J connectivity index is 2.82. The van der Waals surface area contributed by atoms with E-state index in [1.807, 2.05) is 18.2 Å². The van der Waals surface area contributed by atoms with Gasteiger partial charge in [-0.1, -0.05) is 13.8 Å². The van der Waals surface area contributed by atoms with Crippen molar-refractivity contribution in [1.29, 1.82) is 0 Å². The molecule has 1 rings (SSSR count). The fraction of sp³-hybridized carbons (Fsp3) is 0.538. The van der Waals surface area contributed by atoms with Gasteiger partial charge >= 0.3 is 0 Å². The molecular weight excluding hydrogens is 202 g/mol. The van der Waals surface area contributed by atoms with Gasteiger partial charge in [0.2, 0.25) is 0 Å². The molecule has 90 valence electrons. The van der Waals surface area contributed by atoms with Crippen LogP contribution in [0.2, 0.25) is 0 Å². The van der Waals surface area contributed by atoms with Crippen LogP contribution in [0, 0.1) is 5.92 Å². The zero-order valence-corrected chi connectivity index (χ0v) is 10.7. The Bertz CT molecular complexity index is 337. The van der Waals surface area contributed by atoms with Crippen molar-refractivity contribution < 1.29 is 9.47 Å². The Morgan fingerprint density at radius 2 is 1.62 bits per heavy atom. The van der Waals surface area contributed by atoms with E-state index in [4.69, 9.17) is 9.47 Å². The van der Waals surface area contributed by atoms with E-state index >= 15 is 0 Å². The van der Waals surface area contributed by atoms with Gasteiger partial charge in [-0.05, 0) is 25.0 Å². The number of rotatable bonds is 5. The Morgan fingerprint density at radius 1 is 1.00 bits per heavy atom. The lowest BCUT2D eigenvalue weighted by Gasteiger charge is -2.19. The second kappa shape index (κ2) is 5.64. The average molecular weight is 223 g/mol. The molecule has 0 heterocycles. The van der Waals surface area contributed by atoms with Crippen molar-refractivity contribution in [2.45, 2.75) is 26.8 Å². The van der Waals surface area contributed by atoms with Gasteiger partial charge in [0.15, 0.2) is 11.5 Å². The number of anilines is 1. The highest BCUT2D eigenvalue weighted by atomic mass is 16.5. The number of benzene rings is 1. The quantitative estimate of drug-likeness (QED) is 0.831. The number of ether oxygens (including phenoxy) is 2. The fourth-order valence-corrected chi connectivity index (χ4v) is 1.36. The molecule has 1 aromatic carbocycles. The lowest BCUT2D eigenvalue weighted by Crippen LogP contribution is -2.21. The number of nitrogens with one attached hydrogen (secondary N) is 1. The third-order valence-corrected chi connectivity index (χ3v) is 2.78. The Kier molecular flexibility index (Phi) is 4.47. The van der Waals surface area contributed by atoms with Crippen molar-refractivity contribution >= 4 is 5.69 Å². The van der Waals surface area contributed by atoms with Crippen LogP contribution in [0.1, 0.15) is 20.8 Å². The molecular formula is C13H21NO2. The summed E-state index contributed by atoms with van der Waals surface area (Å²) in [6.07, 6.45) is 0. The topological polar surface area (TPSA) is 30.5 Å². The zero-order valence-electron chi connectivity index (χ0n) is 10.7. The smallest absolute Gasteiger partial charge is 0.162 e. The average Bonchev–Trinajstić information content (AvgIpc) is 2.28. The normalized spacial score (nSPS) is 12.4. The molecule has 0 saturated carbocycles. The van der Waals surface area contributed by atoms with Gasteiger partial charge in [-0.25, -0.2) is 0 Å². The molecule has 1 unspecified atom stereocenters. The van der Waals surface area contributed by atoms with E-state index in [0.29, 0.717) is 12.0 Å². The first-order chi connectivity index (χ1) is 7.58. The molecule has 0 aromatic heterocycles. The third kappa shape index (κ3) is 3.05. The van der Waals surface area contributed by atoms with Crippen LogP contribution >= 0.6 is 0 Å². The molecule has 0 spiro atoms. The van der Waals surface area contributed by atoms with Gasteiger partial charge in [0, 0.05) is 17.8 Å². The molecule has 0 radical (unpaired) electrons. The molecule has 0 aliphatic rings. The van der Waals surface area contributed by atoms with Gasteiger partial charge in [0.05, 0.1) is 14.2 Å². The maximum absolute atomic E-state index is 5.25. The molecule has 1 atom stereocenters. The van der Waals surface area contributed by atoms with Gasteiger partial charge in [-0.2, -0.15) is 0 Å². The SMILES string of the molecule is COc1ccc(NC(C)C(C)C)cc1OC. The highest BCUT2D eigenvalue weighted by Gasteiger charge is 2.09. The standard InChI is InChI=1S/C13H21NO2/c1-9(2)10(3)14-11-6-7-12(15-4)13(8-11)16-5/h6-10,14H,1-5H3. The molecule has 16 heavy (non-hydrogen) atoms. The van der Waals surface area contributed by atoms with Crippen LogP contribution in [0.15, 0.2) is 18.2 Å². The summed E-state index contributed by atoms with van der Waals surface area (Å²) < 4.78 is 10.4. The van der Waals surface area contributed by atoms with Crippen molar-refractivity contribution in [2.24, 2.45) is 5.92 Å². The summed E-state index contributed by atoms with van der Waals surface area (Å²) in [5.74, 6) is 2.10. The largest absolute Gasteiger partial charge is 0.493 e. The summed E-state index contributed by atoms with van der Waals surface area (Å²) in [5, 5.41) is 3.43. The molecule has 0 amide bonds. The minimum Gasteiger partial charge on any atom is -0.493 e. The van der Waals surface area contributed by atoms with Gasteiger partial charge < -0.3 is 14.8 Å². The maximum Gasteiger partial charge on any atom is 0.162 e. The van der Waals surface area contributed by atoms with Crippen LogP contribution in [0.25, 0.3) is 0 Å². The Labute approximate surface area is 97.8 Å². The first-order valence-electron chi connectivity index (χ1n) is 5.57. The highest BCUT2D eigenvalue weighted by Crippen LogP contribution is 2.30. The summed E-state index contributed by atoms with van der Waals surface area (Å²) in [6.45, 7) is 6.55. The monoisotopic (exact) mass is 223 g/mol. The van der Waals surface area contributed by atoms with Crippen LogP contribution in [0.3, 0.4) is 0 Å². The van der Waals surface area contributed by atoms with E-state index in [9.17, 15) is 0 Å². The second-order valence-corrected chi connectivity index (χ2v) is 4.25. The minimum absolute atomic E-state index is 0.429. The second-order valence-electron chi connectivity index (χ2n) is 4.25. The van der Waals surface area contributed by atoms with Crippen molar-refractivity contribution in [3.05, 3.63) is 18.2 Å². The molecule has 0 saturated heterocycles. The highest BCUT2D eigenvalue weighted by molar-refractivity contribution is 5.55. The Hall–Kier alpha value is -1.38. The summed E-state index contributed by atoms with van der Waals surface area (Å²) in [4.78, 5) is 0. The van der Waals surface area contributed by atoms with Crippen molar-refractivity contribution in [2.75, 3.05) is 19.5 Å². The summed E-state index contributed by atoms with van der Waals surface area (Å²) in [6, 6.07) is 6.30. The summed E-state index contributed by atoms with van der Waals surface area (Å²) >= 11 is 0. The predicted octanol–water partition coefficient (Wildman–Crippen LogP) is 3.16. The molecule has 1 N–H and O–H groups in total. The van der Waals surface area contributed by atoms with Crippen LogP contribution in [0.4, 0.5) is 5.69 Å². The first-order valence-corrected chi connectivity index (χ1v) is 5.57. The van der Waals surface area contributed by atoms with Gasteiger partial charge in [0.25, 0.3) is 0 Å². The van der Waals surface area contributed by atoms with Gasteiger partial charge in [-0.15, -0.1) is 0 Å². The predicted molar refractivity (Wildman–Crippen MR) is 67.5 cm³/mol. The maximum atomic E-state index is 5.25. The van der Waals surface area contributed by atoms with Crippen LogP contribution in [-0.2, 0) is 0 Å². The van der Waals surface area contributed by atoms with Gasteiger partial charge in [0.1, 0.15) is 0 Å². The van der Waals surface area contributed by atoms with E-state index in [2.05, 4.69) is 26.1 Å². The number of hydrogen-bond acceptors (Lipinski definition) is 3. The third-order valence-electron chi connectivity index (χ3n) is 2.78. The van der Waals surface area contributed by atoms with E-state index in [-0.39, 0.29) is 0 Å². The molecule has 0 bridgehead atoms. The van der Waals surface area contributed by atoms with Crippen molar-refractivity contribution in [3.63, 3.8) is 0 Å². The molecule has 3 heteroatoms. The van der Waals surface area contributed by atoms with E-state index < -0.39 is 0 Å². The van der Waals surface area contributed by atoms with Gasteiger partial charge in [-0.3, -0.25) is 0 Å². The lowest BCUT2D eigenvalue weighted by molar-refractivity contribution is 0.355. The van der Waals surface area contributed by atoms with Crippen LogP contribution in [-0.4, -0.2) is 20.3 Å². The Morgan fingerprint density at radius 3 is 2.12 bits per heavy atom. The van der Waals surface area contributed by atoms with Crippen LogP contribution < -0.4 is 14.8 Å². The van der Waals surface area contributed by atoms with Crippen molar-refractivity contribution in [1.82, 2.24) is 0 Å². The summed E-state index contributed by atoms with van der Waals surface area (Å²) in [7, 11) is 3.29. The molecule has 0 aliphatic carbocycles.